The highest BCUT2D eigenvalue weighted by atomic mass is 16.6. The minimum Gasteiger partial charge on any atom is -0.455 e. The van der Waals surface area contributed by atoms with E-state index < -0.39 is 5.60 Å². The van der Waals surface area contributed by atoms with Crippen molar-refractivity contribution in [1.29, 1.82) is 0 Å². The molecule has 7 nitrogen and oxygen atoms in total. The van der Waals surface area contributed by atoms with Gasteiger partial charge in [0.05, 0.1) is 12.0 Å². The molecule has 1 aromatic rings. The van der Waals surface area contributed by atoms with Crippen LogP contribution in [0.25, 0.3) is 0 Å². The number of carbonyl (C=O) groups excluding carboxylic acids is 3. The van der Waals surface area contributed by atoms with Crippen LogP contribution in [-0.2, 0) is 19.1 Å². The van der Waals surface area contributed by atoms with Crippen LogP contribution < -0.4 is 5.32 Å². The number of carbonyl (C=O) groups is 3. The quantitative estimate of drug-likeness (QED) is 0.656. The van der Waals surface area contributed by atoms with Crippen molar-refractivity contribution in [3.8, 4) is 0 Å². The van der Waals surface area contributed by atoms with E-state index in [2.05, 4.69) is 19.2 Å². The smallest absolute Gasteiger partial charge is 0.410 e. The molecule has 0 aromatic heterocycles. The monoisotopic (exact) mass is 432 g/mol. The van der Waals surface area contributed by atoms with E-state index in [-0.39, 0.29) is 36.5 Å². The third kappa shape index (κ3) is 8.59. The Kier molecular flexibility index (Phi) is 8.89. The van der Waals surface area contributed by atoms with E-state index in [1.165, 1.54) is 0 Å². The Morgan fingerprint density at radius 1 is 1.10 bits per heavy atom. The molecule has 7 heteroatoms. The van der Waals surface area contributed by atoms with Crippen LogP contribution in [0.2, 0.25) is 0 Å². The highest BCUT2D eigenvalue weighted by Crippen LogP contribution is 2.22. The largest absolute Gasteiger partial charge is 0.455 e. The Bertz CT molecular complexity index is 734. The van der Waals surface area contributed by atoms with Crippen molar-refractivity contribution < 1.29 is 23.9 Å². The van der Waals surface area contributed by atoms with E-state index in [1.54, 1.807) is 4.90 Å². The van der Waals surface area contributed by atoms with Gasteiger partial charge in [-0.1, -0.05) is 44.2 Å². The standard InChI is InChI=1S/C24H36N2O5/c1-17(2)15-20(18-9-7-6-8-10-18)25-21(27)16-30-22(28)19-11-13-26(14-12-19)23(29)31-24(3,4)5/h6-10,17,19-20H,11-16H2,1-5H3,(H,25,27)/t20-/m1/s1. The Morgan fingerprint density at radius 3 is 2.26 bits per heavy atom. The molecule has 2 rings (SSSR count). The van der Waals surface area contributed by atoms with Gasteiger partial charge in [-0.25, -0.2) is 4.79 Å². The second-order valence-electron chi connectivity index (χ2n) is 9.51. The summed E-state index contributed by atoms with van der Waals surface area (Å²) in [4.78, 5) is 38.6. The van der Waals surface area contributed by atoms with Gasteiger partial charge in [-0.15, -0.1) is 0 Å². The number of ether oxygens (including phenoxy) is 2. The van der Waals surface area contributed by atoms with Gasteiger partial charge in [-0.3, -0.25) is 9.59 Å². The van der Waals surface area contributed by atoms with Crippen molar-refractivity contribution in [3.05, 3.63) is 35.9 Å². The van der Waals surface area contributed by atoms with Crippen LogP contribution in [0.5, 0.6) is 0 Å². The molecule has 1 saturated heterocycles. The molecule has 31 heavy (non-hydrogen) atoms. The average molecular weight is 433 g/mol. The fourth-order valence-electron chi connectivity index (χ4n) is 3.55. The molecule has 0 spiro atoms. The Labute approximate surface area is 185 Å². The Balaban J connectivity index is 1.79. The molecule has 0 aliphatic carbocycles. The summed E-state index contributed by atoms with van der Waals surface area (Å²) in [5, 5.41) is 2.98. The summed E-state index contributed by atoms with van der Waals surface area (Å²) in [5.41, 5.74) is 0.485. The van der Waals surface area contributed by atoms with Crippen LogP contribution in [0, 0.1) is 11.8 Å². The zero-order chi connectivity index (χ0) is 23.0. The van der Waals surface area contributed by atoms with Crippen molar-refractivity contribution in [2.24, 2.45) is 11.8 Å². The summed E-state index contributed by atoms with van der Waals surface area (Å²) in [6.45, 7) is 10.2. The molecule has 1 aliphatic rings. The Morgan fingerprint density at radius 2 is 1.71 bits per heavy atom. The predicted octanol–water partition coefficient (Wildman–Crippen LogP) is 4.08. The van der Waals surface area contributed by atoms with Gasteiger partial charge in [0.2, 0.25) is 0 Å². The third-order valence-electron chi connectivity index (χ3n) is 5.07. The highest BCUT2D eigenvalue weighted by molar-refractivity contribution is 5.81. The van der Waals surface area contributed by atoms with Crippen LogP contribution in [0.15, 0.2) is 30.3 Å². The number of amides is 2. The highest BCUT2D eigenvalue weighted by Gasteiger charge is 2.31. The number of nitrogens with one attached hydrogen (secondary N) is 1. The number of piperidine rings is 1. The number of benzene rings is 1. The molecule has 0 unspecified atom stereocenters. The van der Waals surface area contributed by atoms with E-state index in [0.29, 0.717) is 31.8 Å². The molecule has 1 heterocycles. The van der Waals surface area contributed by atoms with E-state index >= 15 is 0 Å². The lowest BCUT2D eigenvalue weighted by atomic mass is 9.97. The summed E-state index contributed by atoms with van der Waals surface area (Å²) >= 11 is 0. The first-order chi connectivity index (χ1) is 14.5. The van der Waals surface area contributed by atoms with E-state index in [0.717, 1.165) is 12.0 Å². The maximum atomic E-state index is 12.4. The molecule has 1 aliphatic heterocycles. The molecular weight excluding hydrogens is 396 g/mol. The first-order valence-corrected chi connectivity index (χ1v) is 11.0. The fourth-order valence-corrected chi connectivity index (χ4v) is 3.55. The first-order valence-electron chi connectivity index (χ1n) is 11.0. The van der Waals surface area contributed by atoms with Crippen LogP contribution in [-0.4, -0.2) is 48.2 Å². The summed E-state index contributed by atoms with van der Waals surface area (Å²) in [6, 6.07) is 9.67. The second-order valence-corrected chi connectivity index (χ2v) is 9.51. The van der Waals surface area contributed by atoms with E-state index in [4.69, 9.17) is 9.47 Å². The van der Waals surface area contributed by atoms with Crippen molar-refractivity contribution in [2.45, 2.75) is 65.5 Å². The molecule has 0 bridgehead atoms. The normalized spacial score (nSPS) is 16.0. The number of esters is 1. The van der Waals surface area contributed by atoms with Gasteiger partial charge in [-0.2, -0.15) is 0 Å². The Hall–Kier alpha value is -2.57. The lowest BCUT2D eigenvalue weighted by molar-refractivity contribution is -0.154. The van der Waals surface area contributed by atoms with Gasteiger partial charge in [-0.05, 0) is 51.5 Å². The number of rotatable bonds is 7. The average Bonchev–Trinajstić information content (AvgIpc) is 2.70. The van der Waals surface area contributed by atoms with Crippen molar-refractivity contribution >= 4 is 18.0 Å². The molecular formula is C24H36N2O5. The molecule has 1 atom stereocenters. The van der Waals surface area contributed by atoms with Gasteiger partial charge in [0.1, 0.15) is 5.60 Å². The number of hydrogen-bond donors (Lipinski definition) is 1. The van der Waals surface area contributed by atoms with Gasteiger partial charge in [0, 0.05) is 13.1 Å². The third-order valence-corrected chi connectivity index (χ3v) is 5.07. The maximum Gasteiger partial charge on any atom is 0.410 e. The van der Waals surface area contributed by atoms with Gasteiger partial charge >= 0.3 is 12.1 Å². The van der Waals surface area contributed by atoms with Crippen molar-refractivity contribution in [2.75, 3.05) is 19.7 Å². The summed E-state index contributed by atoms with van der Waals surface area (Å²) in [6.07, 6.45) is 1.43. The molecule has 1 fully saturated rings. The molecule has 0 saturated carbocycles. The van der Waals surface area contributed by atoms with E-state index in [1.807, 2.05) is 51.1 Å². The summed E-state index contributed by atoms with van der Waals surface area (Å²) < 4.78 is 10.6. The first kappa shape index (κ1) is 24.7. The lowest BCUT2D eigenvalue weighted by Crippen LogP contribution is -2.43. The van der Waals surface area contributed by atoms with Crippen LogP contribution >= 0.6 is 0 Å². The molecule has 1 aromatic carbocycles. The molecule has 1 N–H and O–H groups in total. The van der Waals surface area contributed by atoms with Crippen LogP contribution in [0.1, 0.15) is 65.5 Å². The minimum atomic E-state index is -0.548. The maximum absolute atomic E-state index is 12.4. The molecule has 0 radical (unpaired) electrons. The lowest BCUT2D eigenvalue weighted by Gasteiger charge is -2.32. The van der Waals surface area contributed by atoms with Crippen LogP contribution in [0.4, 0.5) is 4.79 Å². The second kappa shape index (κ2) is 11.2. The van der Waals surface area contributed by atoms with Gasteiger partial charge in [0.25, 0.3) is 5.91 Å². The molecule has 2 amide bonds. The molecule has 172 valence electrons. The van der Waals surface area contributed by atoms with Gasteiger partial charge in [0.15, 0.2) is 6.61 Å². The minimum absolute atomic E-state index is 0.121. The van der Waals surface area contributed by atoms with E-state index in [9.17, 15) is 14.4 Å². The topological polar surface area (TPSA) is 84.9 Å². The zero-order valence-electron chi connectivity index (χ0n) is 19.3. The fraction of sp³-hybridized carbons (Fsp3) is 0.625. The number of likely N-dealkylation sites (tertiary alicyclic amines) is 1. The number of hydrogen-bond acceptors (Lipinski definition) is 5. The van der Waals surface area contributed by atoms with Crippen LogP contribution in [0.3, 0.4) is 0 Å². The van der Waals surface area contributed by atoms with Crippen molar-refractivity contribution in [3.63, 3.8) is 0 Å². The SMILES string of the molecule is CC(C)C[C@@H](NC(=O)COC(=O)C1CCN(C(=O)OC(C)(C)C)CC1)c1ccccc1. The number of nitrogens with zero attached hydrogens (tertiary/aromatic N) is 1. The van der Waals surface area contributed by atoms with Crippen molar-refractivity contribution in [1.82, 2.24) is 10.2 Å². The zero-order valence-corrected chi connectivity index (χ0v) is 19.3. The summed E-state index contributed by atoms with van der Waals surface area (Å²) in [5.74, 6) is -0.608. The predicted molar refractivity (Wildman–Crippen MR) is 118 cm³/mol. The summed E-state index contributed by atoms with van der Waals surface area (Å²) in [7, 11) is 0. The van der Waals surface area contributed by atoms with Gasteiger partial charge < -0.3 is 19.7 Å².